The highest BCUT2D eigenvalue weighted by molar-refractivity contribution is 7.69. The number of thiophene rings is 2. The summed E-state index contributed by atoms with van der Waals surface area (Å²) in [5.74, 6) is 0. The average molecular weight is 477 g/mol. The van der Waals surface area contributed by atoms with Crippen molar-refractivity contribution in [3.8, 4) is 5.30 Å². The fourth-order valence-corrected chi connectivity index (χ4v) is 9.77. The molecular formula is C30H21PS2. The highest BCUT2D eigenvalue weighted by Crippen LogP contribution is 2.59. The van der Waals surface area contributed by atoms with Crippen LogP contribution in [0, 0.1) is 0 Å². The van der Waals surface area contributed by atoms with Crippen LogP contribution >= 0.6 is 30.2 Å². The first-order valence-corrected chi connectivity index (χ1v) is 13.9. The molecule has 0 unspecified atom stereocenters. The summed E-state index contributed by atoms with van der Waals surface area (Å²) in [5.41, 5.74) is 2.48. The van der Waals surface area contributed by atoms with E-state index in [2.05, 4.69) is 127 Å². The second kappa shape index (κ2) is 9.00. The van der Waals surface area contributed by atoms with Gasteiger partial charge in [-0.1, -0.05) is 111 Å². The Bertz CT molecular complexity index is 1480. The van der Waals surface area contributed by atoms with E-state index >= 15 is 0 Å². The summed E-state index contributed by atoms with van der Waals surface area (Å²) in [6, 6.07) is 36.9. The highest BCUT2D eigenvalue weighted by atomic mass is 32.1. The van der Waals surface area contributed by atoms with Gasteiger partial charge in [0.1, 0.15) is 0 Å². The van der Waals surface area contributed by atoms with E-state index in [4.69, 9.17) is 0 Å². The van der Waals surface area contributed by atoms with Crippen LogP contribution in [0.2, 0.25) is 0 Å². The summed E-state index contributed by atoms with van der Waals surface area (Å²) < 4.78 is 2.91. The van der Waals surface area contributed by atoms with Crippen molar-refractivity contribution in [2.24, 2.45) is 0 Å². The van der Waals surface area contributed by atoms with Crippen molar-refractivity contribution in [1.29, 1.82) is 0 Å². The Kier molecular flexibility index (Phi) is 5.58. The van der Waals surface area contributed by atoms with Crippen LogP contribution in [0.4, 0.5) is 0 Å². The maximum atomic E-state index is 2.42. The van der Waals surface area contributed by atoms with Gasteiger partial charge < -0.3 is 0 Å². The third-order valence-electron chi connectivity index (χ3n) is 5.64. The van der Waals surface area contributed by atoms with Gasteiger partial charge in [-0.25, -0.2) is 0 Å². The van der Waals surface area contributed by atoms with Crippen molar-refractivity contribution in [2.75, 3.05) is 0 Å². The van der Waals surface area contributed by atoms with E-state index in [1.807, 2.05) is 22.7 Å². The van der Waals surface area contributed by atoms with Crippen LogP contribution in [0.1, 0.15) is 20.9 Å². The molecule has 0 bridgehead atoms. The van der Waals surface area contributed by atoms with Crippen LogP contribution in [0.5, 0.6) is 0 Å². The van der Waals surface area contributed by atoms with Gasteiger partial charge in [-0.15, -0.1) is 22.7 Å². The zero-order valence-corrected chi connectivity index (χ0v) is 20.4. The maximum absolute atomic E-state index is 2.42. The number of hydrogen-bond donors (Lipinski definition) is 0. The summed E-state index contributed by atoms with van der Waals surface area (Å²) in [4.78, 5) is 2.65. The van der Waals surface area contributed by atoms with Crippen LogP contribution < -0.4 is 0 Å². The molecule has 0 aliphatic carbocycles. The van der Waals surface area contributed by atoms with E-state index < -0.39 is 7.53 Å². The second-order valence-electron chi connectivity index (χ2n) is 7.89. The molecule has 3 aromatic carbocycles. The van der Waals surface area contributed by atoms with E-state index in [1.54, 1.807) is 0 Å². The Morgan fingerprint density at radius 1 is 0.485 bits per heavy atom. The summed E-state index contributed by atoms with van der Waals surface area (Å²) >= 11 is 3.85. The zero-order valence-electron chi connectivity index (χ0n) is 17.9. The molecule has 0 nitrogen and oxygen atoms in total. The SMILES string of the molecule is C(=C\c1cc2c(s1)c1sc(/C=C/c3ccccc3)cc1p2-c1ccccc1)/c1ccccc1. The molecule has 0 fully saturated rings. The second-order valence-corrected chi connectivity index (χ2v) is 12.2. The fourth-order valence-electron chi connectivity index (χ4n) is 4.09. The molecule has 3 aromatic heterocycles. The van der Waals surface area contributed by atoms with Crippen molar-refractivity contribution in [1.82, 2.24) is 0 Å². The Morgan fingerprint density at radius 2 is 0.909 bits per heavy atom. The molecule has 0 saturated carbocycles. The minimum absolute atomic E-state index is 0.507. The summed E-state index contributed by atoms with van der Waals surface area (Å²) in [5, 5.41) is 4.45. The topological polar surface area (TPSA) is 0 Å². The number of rotatable bonds is 5. The van der Waals surface area contributed by atoms with Gasteiger partial charge in [-0.3, -0.25) is 0 Å². The molecule has 6 rings (SSSR count). The van der Waals surface area contributed by atoms with Crippen molar-refractivity contribution in [3.05, 3.63) is 124 Å². The summed E-state index contributed by atoms with van der Waals surface area (Å²) in [6.07, 6.45) is 8.96. The molecule has 0 spiro atoms. The Labute approximate surface area is 202 Å². The van der Waals surface area contributed by atoms with Crippen molar-refractivity contribution in [3.63, 3.8) is 0 Å². The maximum Gasteiger partial charge on any atom is 0.0574 e. The van der Waals surface area contributed by atoms with Gasteiger partial charge in [0.15, 0.2) is 0 Å². The molecule has 3 heteroatoms. The van der Waals surface area contributed by atoms with Gasteiger partial charge in [-0.2, -0.15) is 0 Å². The molecule has 0 atom stereocenters. The third-order valence-corrected chi connectivity index (χ3v) is 10.8. The van der Waals surface area contributed by atoms with Gasteiger partial charge in [0.25, 0.3) is 0 Å². The first kappa shape index (κ1) is 20.4. The van der Waals surface area contributed by atoms with Crippen LogP contribution in [-0.2, 0) is 0 Å². The van der Waals surface area contributed by atoms with Gasteiger partial charge >= 0.3 is 0 Å². The smallest absolute Gasteiger partial charge is 0.0574 e. The van der Waals surface area contributed by atoms with Crippen molar-refractivity contribution in [2.45, 2.75) is 0 Å². The normalized spacial score (nSPS) is 12.0. The van der Waals surface area contributed by atoms with E-state index in [1.165, 1.54) is 45.8 Å². The molecule has 0 aliphatic rings. The molecule has 158 valence electrons. The minimum atomic E-state index is -0.507. The molecule has 3 heterocycles. The third kappa shape index (κ3) is 4.14. The van der Waals surface area contributed by atoms with E-state index in [0.717, 1.165) is 0 Å². The summed E-state index contributed by atoms with van der Waals surface area (Å²) in [7, 11) is -0.507. The van der Waals surface area contributed by atoms with Gasteiger partial charge in [0, 0.05) is 20.0 Å². The largest absolute Gasteiger partial charge is 0.134 e. The van der Waals surface area contributed by atoms with Crippen molar-refractivity contribution < 1.29 is 0 Å². The van der Waals surface area contributed by atoms with Gasteiger partial charge in [0.2, 0.25) is 0 Å². The molecule has 0 amide bonds. The van der Waals surface area contributed by atoms with Crippen LogP contribution in [0.3, 0.4) is 0 Å². The zero-order chi connectivity index (χ0) is 22.0. The van der Waals surface area contributed by atoms with Crippen molar-refractivity contribution >= 4 is 74.1 Å². The predicted octanol–water partition coefficient (Wildman–Crippen LogP) is 10.4. The Balaban J connectivity index is 1.47. The number of hydrogen-bond acceptors (Lipinski definition) is 2. The van der Waals surface area contributed by atoms with Crippen LogP contribution in [0.15, 0.2) is 103 Å². The monoisotopic (exact) mass is 476 g/mol. The van der Waals surface area contributed by atoms with Crippen LogP contribution in [0.25, 0.3) is 49.2 Å². The summed E-state index contributed by atoms with van der Waals surface area (Å²) in [6.45, 7) is 0. The average Bonchev–Trinajstić information content (AvgIpc) is 3.54. The molecule has 33 heavy (non-hydrogen) atoms. The molecule has 0 radical (unpaired) electrons. The van der Waals surface area contributed by atoms with E-state index in [0.29, 0.717) is 0 Å². The lowest BCUT2D eigenvalue weighted by Gasteiger charge is -2.00. The standard InChI is InChI=1S/C30H21PS2/c1-4-10-22(11-5-1)16-18-25-20-27-29(32-25)30-28(31(27)24-14-8-3-9-15-24)21-26(33-30)19-17-23-12-6-2-7-13-23/h1-21H/b18-16+,19-17+. The molecule has 0 N–H and O–H groups in total. The van der Waals surface area contributed by atoms with Crippen LogP contribution in [-0.4, -0.2) is 0 Å². The number of benzene rings is 3. The highest BCUT2D eigenvalue weighted by Gasteiger charge is 2.18. The first-order valence-electron chi connectivity index (χ1n) is 10.9. The van der Waals surface area contributed by atoms with E-state index in [9.17, 15) is 0 Å². The Hall–Kier alpha value is -3.16. The fraction of sp³-hybridized carbons (Fsp3) is 0. The quantitative estimate of drug-likeness (QED) is 0.232. The lowest BCUT2D eigenvalue weighted by atomic mass is 10.2. The number of fused-ring (bicyclic) bond motifs is 3. The molecule has 0 saturated heterocycles. The van der Waals surface area contributed by atoms with Gasteiger partial charge in [-0.05, 0) is 40.7 Å². The predicted molar refractivity (Wildman–Crippen MR) is 152 cm³/mol. The van der Waals surface area contributed by atoms with E-state index in [-0.39, 0.29) is 0 Å². The lowest BCUT2D eigenvalue weighted by Crippen LogP contribution is -1.68. The molecule has 6 aromatic rings. The Morgan fingerprint density at radius 3 is 1.36 bits per heavy atom. The minimum Gasteiger partial charge on any atom is -0.134 e. The lowest BCUT2D eigenvalue weighted by molar-refractivity contribution is 1.67. The van der Waals surface area contributed by atoms with Gasteiger partial charge in [0.05, 0.1) is 9.40 Å². The molecule has 0 aliphatic heterocycles. The first-order chi connectivity index (χ1) is 16.3. The molecular weight excluding hydrogens is 455 g/mol.